The van der Waals surface area contributed by atoms with Gasteiger partial charge in [-0.05, 0) is 42.5 Å². The molecule has 0 spiro atoms. The molecule has 0 saturated heterocycles. The van der Waals surface area contributed by atoms with Gasteiger partial charge in [-0.1, -0.05) is 30.3 Å². The fourth-order valence-corrected chi connectivity index (χ4v) is 4.06. The van der Waals surface area contributed by atoms with Crippen molar-refractivity contribution in [3.05, 3.63) is 67.3 Å². The number of hydrogen-bond acceptors (Lipinski definition) is 5. The molecule has 7 nitrogen and oxygen atoms in total. The van der Waals surface area contributed by atoms with Crippen molar-refractivity contribution in [2.24, 2.45) is 0 Å². The van der Waals surface area contributed by atoms with Gasteiger partial charge in [0.15, 0.2) is 0 Å². The van der Waals surface area contributed by atoms with E-state index in [0.717, 1.165) is 39.3 Å². The van der Waals surface area contributed by atoms with Gasteiger partial charge in [0.2, 0.25) is 10.0 Å². The molecule has 0 aliphatic heterocycles. The Kier molecular flexibility index (Phi) is 5.28. The van der Waals surface area contributed by atoms with Crippen molar-refractivity contribution in [1.29, 1.82) is 0 Å². The van der Waals surface area contributed by atoms with Crippen molar-refractivity contribution in [3.8, 4) is 22.3 Å². The summed E-state index contributed by atoms with van der Waals surface area (Å²) in [4.78, 5) is 4.34. The molecule has 2 N–H and O–H groups in total. The normalized spacial score (nSPS) is 12.3. The van der Waals surface area contributed by atoms with Crippen molar-refractivity contribution in [1.82, 2.24) is 14.8 Å². The first-order chi connectivity index (χ1) is 14.6. The number of nitrogens with one attached hydrogen (secondary N) is 1. The number of aromatic nitrogens is 3. The molecule has 0 aliphatic carbocycles. The smallest absolute Gasteiger partial charge is 0.229 e. The lowest BCUT2D eigenvalue weighted by Crippen LogP contribution is -2.26. The van der Waals surface area contributed by atoms with Crippen LogP contribution in [0.2, 0.25) is 0 Å². The molecule has 4 aromatic rings. The van der Waals surface area contributed by atoms with Crippen LogP contribution >= 0.6 is 0 Å². The number of pyridine rings is 1. The van der Waals surface area contributed by atoms with Gasteiger partial charge in [0.1, 0.15) is 0 Å². The molecular formula is C23H24N4O3S. The monoisotopic (exact) mass is 436 g/mol. The average Bonchev–Trinajstić information content (AvgIpc) is 3.13. The summed E-state index contributed by atoms with van der Waals surface area (Å²) in [6.45, 7) is 3.91. The molecule has 0 radical (unpaired) electrons. The summed E-state index contributed by atoms with van der Waals surface area (Å²) in [5.74, 6) is 0. The third kappa shape index (κ3) is 5.10. The molecule has 8 heteroatoms. The molecule has 31 heavy (non-hydrogen) atoms. The lowest BCUT2D eigenvalue weighted by atomic mass is 9.98. The molecule has 2 aromatic carbocycles. The number of hydrogen-bond donors (Lipinski definition) is 2. The maximum atomic E-state index is 11.6. The first-order valence-corrected chi connectivity index (χ1v) is 11.7. The molecule has 0 bridgehead atoms. The van der Waals surface area contributed by atoms with Crippen molar-refractivity contribution in [2.45, 2.75) is 26.0 Å². The number of benzene rings is 2. The highest BCUT2D eigenvalue weighted by Crippen LogP contribution is 2.31. The summed E-state index contributed by atoms with van der Waals surface area (Å²) in [7, 11) is -3.36. The SMILES string of the molecule is CC(C)(O)Cn1cc(-c2ccc(-c3cncc4ccc(NS(C)(=O)=O)cc34)cc2)cn1. The first kappa shape index (κ1) is 21.0. The minimum Gasteiger partial charge on any atom is -0.389 e. The summed E-state index contributed by atoms with van der Waals surface area (Å²) in [5, 5.41) is 16.1. The maximum Gasteiger partial charge on any atom is 0.229 e. The van der Waals surface area contributed by atoms with E-state index >= 15 is 0 Å². The van der Waals surface area contributed by atoms with Crippen LogP contribution in [0, 0.1) is 0 Å². The summed E-state index contributed by atoms with van der Waals surface area (Å²) < 4.78 is 27.5. The Morgan fingerprint density at radius 1 is 1.00 bits per heavy atom. The van der Waals surface area contributed by atoms with Crippen LogP contribution in [0.5, 0.6) is 0 Å². The Morgan fingerprint density at radius 2 is 1.71 bits per heavy atom. The van der Waals surface area contributed by atoms with Crippen molar-refractivity contribution < 1.29 is 13.5 Å². The highest BCUT2D eigenvalue weighted by Gasteiger charge is 2.14. The summed E-state index contributed by atoms with van der Waals surface area (Å²) >= 11 is 0. The van der Waals surface area contributed by atoms with E-state index in [9.17, 15) is 13.5 Å². The number of nitrogens with zero attached hydrogens (tertiary/aromatic N) is 3. The van der Waals surface area contributed by atoms with E-state index in [4.69, 9.17) is 0 Å². The van der Waals surface area contributed by atoms with Crippen LogP contribution in [0.1, 0.15) is 13.8 Å². The molecular weight excluding hydrogens is 412 g/mol. The fourth-order valence-electron chi connectivity index (χ4n) is 3.51. The molecule has 0 saturated carbocycles. The van der Waals surface area contributed by atoms with E-state index in [0.29, 0.717) is 12.2 Å². The predicted octanol–water partition coefficient (Wildman–Crippen LogP) is 3.91. The molecule has 0 amide bonds. The van der Waals surface area contributed by atoms with Gasteiger partial charge in [-0.3, -0.25) is 14.4 Å². The van der Waals surface area contributed by atoms with Gasteiger partial charge in [0, 0.05) is 40.8 Å². The summed E-state index contributed by atoms with van der Waals surface area (Å²) in [5.41, 5.74) is 3.54. The second-order valence-corrected chi connectivity index (χ2v) is 10.1. The zero-order chi connectivity index (χ0) is 22.2. The van der Waals surface area contributed by atoms with Gasteiger partial charge in [0.05, 0.1) is 24.6 Å². The van der Waals surface area contributed by atoms with Crippen LogP contribution in [0.3, 0.4) is 0 Å². The first-order valence-electron chi connectivity index (χ1n) is 9.79. The number of fused-ring (bicyclic) bond motifs is 1. The van der Waals surface area contributed by atoms with Gasteiger partial charge in [-0.25, -0.2) is 8.42 Å². The van der Waals surface area contributed by atoms with Crippen LogP contribution in [0.25, 0.3) is 33.0 Å². The van der Waals surface area contributed by atoms with E-state index in [2.05, 4.69) is 14.8 Å². The second-order valence-electron chi connectivity index (χ2n) is 8.31. The minimum absolute atomic E-state index is 0.413. The Bertz CT molecular complexity index is 1340. The maximum absolute atomic E-state index is 11.6. The lowest BCUT2D eigenvalue weighted by molar-refractivity contribution is 0.0577. The van der Waals surface area contributed by atoms with Gasteiger partial charge in [-0.15, -0.1) is 0 Å². The van der Waals surface area contributed by atoms with E-state index < -0.39 is 15.6 Å². The number of aliphatic hydroxyl groups is 1. The number of anilines is 1. The molecule has 2 heterocycles. The Balaban J connectivity index is 1.67. The highest BCUT2D eigenvalue weighted by atomic mass is 32.2. The van der Waals surface area contributed by atoms with Gasteiger partial charge in [-0.2, -0.15) is 5.10 Å². The molecule has 0 fully saturated rings. The van der Waals surface area contributed by atoms with E-state index in [1.165, 1.54) is 0 Å². The summed E-state index contributed by atoms with van der Waals surface area (Å²) in [6.07, 6.45) is 8.36. The molecule has 0 unspecified atom stereocenters. The largest absolute Gasteiger partial charge is 0.389 e. The number of sulfonamides is 1. The number of rotatable bonds is 6. The zero-order valence-corrected chi connectivity index (χ0v) is 18.4. The van der Waals surface area contributed by atoms with Crippen molar-refractivity contribution in [3.63, 3.8) is 0 Å². The Hall–Kier alpha value is -3.23. The molecule has 0 aliphatic rings. The Morgan fingerprint density at radius 3 is 2.39 bits per heavy atom. The zero-order valence-electron chi connectivity index (χ0n) is 17.6. The highest BCUT2D eigenvalue weighted by molar-refractivity contribution is 7.92. The summed E-state index contributed by atoms with van der Waals surface area (Å²) in [6, 6.07) is 13.4. The van der Waals surface area contributed by atoms with Crippen LogP contribution in [-0.2, 0) is 16.6 Å². The lowest BCUT2D eigenvalue weighted by Gasteiger charge is -2.16. The standard InChI is InChI=1S/C23H24N4O3S/c1-23(2,28)15-27-14-19(12-25-27)16-4-6-17(7-5-16)22-13-24-11-18-8-9-20(10-21(18)22)26-31(3,29)30/h4-14,26,28H,15H2,1-3H3. The third-order valence-electron chi connectivity index (χ3n) is 4.78. The van der Waals surface area contributed by atoms with Gasteiger partial charge in [0.25, 0.3) is 0 Å². The average molecular weight is 437 g/mol. The van der Waals surface area contributed by atoms with Gasteiger partial charge >= 0.3 is 0 Å². The second kappa shape index (κ2) is 7.79. The minimum atomic E-state index is -3.36. The third-order valence-corrected chi connectivity index (χ3v) is 5.38. The Labute approximate surface area is 181 Å². The molecule has 160 valence electrons. The van der Waals surface area contributed by atoms with Crippen LogP contribution in [0.15, 0.2) is 67.3 Å². The van der Waals surface area contributed by atoms with Crippen LogP contribution in [-0.4, -0.2) is 40.1 Å². The van der Waals surface area contributed by atoms with Crippen LogP contribution < -0.4 is 4.72 Å². The van der Waals surface area contributed by atoms with Gasteiger partial charge < -0.3 is 5.11 Å². The molecule has 4 rings (SSSR count). The van der Waals surface area contributed by atoms with Crippen molar-refractivity contribution >= 4 is 26.5 Å². The predicted molar refractivity (Wildman–Crippen MR) is 123 cm³/mol. The fraction of sp³-hybridized carbons (Fsp3) is 0.217. The van der Waals surface area contributed by atoms with E-state index in [-0.39, 0.29) is 0 Å². The van der Waals surface area contributed by atoms with E-state index in [1.54, 1.807) is 43.2 Å². The van der Waals surface area contributed by atoms with Crippen LogP contribution in [0.4, 0.5) is 5.69 Å². The topological polar surface area (TPSA) is 97.1 Å². The van der Waals surface area contributed by atoms with Crippen molar-refractivity contribution in [2.75, 3.05) is 11.0 Å². The van der Waals surface area contributed by atoms with E-state index in [1.807, 2.05) is 42.6 Å². The molecule has 0 atom stereocenters. The quantitative estimate of drug-likeness (QED) is 0.478. The molecule has 2 aromatic heterocycles.